The first kappa shape index (κ1) is 15.3. The van der Waals surface area contributed by atoms with Crippen LogP contribution in [0.2, 0.25) is 0 Å². The third kappa shape index (κ3) is 3.77. The predicted octanol–water partition coefficient (Wildman–Crippen LogP) is 4.27. The first-order valence-corrected chi connectivity index (χ1v) is 7.60. The minimum atomic E-state index is -0.456. The summed E-state index contributed by atoms with van der Waals surface area (Å²) >= 11 is 0. The molecule has 0 bridgehead atoms. The maximum atomic E-state index is 13.5. The van der Waals surface area contributed by atoms with Crippen LogP contribution in [0.5, 0.6) is 11.5 Å². The molecule has 2 aromatic rings. The molecule has 118 valence electrons. The summed E-state index contributed by atoms with van der Waals surface area (Å²) in [5, 5.41) is 0. The molecule has 2 aromatic carbocycles. The predicted molar refractivity (Wildman–Crippen MR) is 86.4 cm³/mol. The number of hydrogen-bond acceptors (Lipinski definition) is 3. The van der Waals surface area contributed by atoms with Crippen molar-refractivity contribution in [2.45, 2.75) is 12.8 Å². The van der Waals surface area contributed by atoms with Crippen LogP contribution in [0.1, 0.15) is 28.8 Å². The van der Waals surface area contributed by atoms with E-state index >= 15 is 0 Å². The highest BCUT2D eigenvalue weighted by Gasteiger charge is 2.12. The van der Waals surface area contributed by atoms with Gasteiger partial charge >= 0.3 is 0 Å². The minimum Gasteiger partial charge on any atom is -0.493 e. The standard InChI is InChI=1S/C19H17FO3/c20-15-8-10-19-16(13-15)17(21)9-7-14-5-1-2-6-18(14)22-11-3-4-12-23-19/h1-2,5-10,13H,3-4,11-12H2/b9-7-. The average molecular weight is 312 g/mol. The highest BCUT2D eigenvalue weighted by atomic mass is 19.1. The average Bonchev–Trinajstić information content (AvgIpc) is 2.58. The molecule has 0 aliphatic carbocycles. The smallest absolute Gasteiger partial charge is 0.189 e. The molecule has 0 fully saturated rings. The van der Waals surface area contributed by atoms with Crippen LogP contribution >= 0.6 is 0 Å². The van der Waals surface area contributed by atoms with Crippen molar-refractivity contribution >= 4 is 11.9 Å². The number of ether oxygens (including phenoxy) is 2. The molecule has 0 radical (unpaired) electrons. The Morgan fingerprint density at radius 2 is 1.61 bits per heavy atom. The lowest BCUT2D eigenvalue weighted by Gasteiger charge is -2.10. The van der Waals surface area contributed by atoms with E-state index in [-0.39, 0.29) is 11.3 Å². The highest BCUT2D eigenvalue weighted by Crippen LogP contribution is 2.24. The SMILES string of the molecule is O=C1/C=C\c2ccccc2OCCCCOc2ccc(F)cc21. The van der Waals surface area contributed by atoms with E-state index in [4.69, 9.17) is 9.47 Å². The van der Waals surface area contributed by atoms with Crippen LogP contribution in [0.4, 0.5) is 4.39 Å². The number of carbonyl (C=O) groups excluding carboxylic acids is 1. The number of hydrogen-bond donors (Lipinski definition) is 0. The van der Waals surface area contributed by atoms with E-state index in [9.17, 15) is 9.18 Å². The summed E-state index contributed by atoms with van der Waals surface area (Å²) < 4.78 is 24.9. The van der Waals surface area contributed by atoms with Crippen molar-refractivity contribution in [3.63, 3.8) is 0 Å². The number of ketones is 1. The number of fused-ring (bicyclic) bond motifs is 2. The van der Waals surface area contributed by atoms with E-state index < -0.39 is 5.82 Å². The molecular formula is C19H17FO3. The Morgan fingerprint density at radius 1 is 0.870 bits per heavy atom. The summed E-state index contributed by atoms with van der Waals surface area (Å²) in [4.78, 5) is 12.4. The number of allylic oxidation sites excluding steroid dienone is 1. The molecule has 0 atom stereocenters. The third-order valence-corrected chi connectivity index (χ3v) is 3.59. The van der Waals surface area contributed by atoms with E-state index in [1.165, 1.54) is 24.3 Å². The van der Waals surface area contributed by atoms with Crippen molar-refractivity contribution in [1.82, 2.24) is 0 Å². The summed E-state index contributed by atoms with van der Waals surface area (Å²) in [6.45, 7) is 1.04. The van der Waals surface area contributed by atoms with Gasteiger partial charge < -0.3 is 9.47 Å². The second kappa shape index (κ2) is 7.09. The summed E-state index contributed by atoms with van der Waals surface area (Å²) in [6.07, 6.45) is 4.73. The lowest BCUT2D eigenvalue weighted by molar-refractivity contribution is 0.104. The molecular weight excluding hydrogens is 295 g/mol. The summed E-state index contributed by atoms with van der Waals surface area (Å²) in [5.41, 5.74) is 1.05. The monoisotopic (exact) mass is 312 g/mol. The maximum absolute atomic E-state index is 13.5. The van der Waals surface area contributed by atoms with Gasteiger partial charge in [0.05, 0.1) is 18.8 Å². The molecule has 1 aliphatic rings. The first-order valence-electron chi connectivity index (χ1n) is 7.60. The summed E-state index contributed by atoms with van der Waals surface area (Å²) in [6, 6.07) is 11.5. The van der Waals surface area contributed by atoms with Crippen LogP contribution in [-0.2, 0) is 0 Å². The van der Waals surface area contributed by atoms with Gasteiger partial charge in [-0.2, -0.15) is 0 Å². The molecule has 4 heteroatoms. The molecule has 1 aliphatic heterocycles. The number of benzene rings is 2. The van der Waals surface area contributed by atoms with Gasteiger partial charge in [0, 0.05) is 5.56 Å². The fraction of sp³-hybridized carbons (Fsp3) is 0.211. The summed E-state index contributed by atoms with van der Waals surface area (Å²) in [5.74, 6) is 0.390. The number of carbonyl (C=O) groups is 1. The Kier molecular flexibility index (Phi) is 4.71. The first-order chi connectivity index (χ1) is 11.2. The van der Waals surface area contributed by atoms with Crippen molar-refractivity contribution in [1.29, 1.82) is 0 Å². The molecule has 0 amide bonds. The Bertz CT molecular complexity index is 737. The number of rotatable bonds is 0. The normalized spacial score (nSPS) is 16.5. The Hall–Kier alpha value is -2.62. The lowest BCUT2D eigenvalue weighted by Crippen LogP contribution is -2.05. The topological polar surface area (TPSA) is 35.5 Å². The van der Waals surface area contributed by atoms with Crippen molar-refractivity contribution in [3.8, 4) is 11.5 Å². The van der Waals surface area contributed by atoms with E-state index in [2.05, 4.69) is 0 Å². The van der Waals surface area contributed by atoms with E-state index in [1.54, 1.807) is 6.08 Å². The second-order valence-corrected chi connectivity index (χ2v) is 5.28. The van der Waals surface area contributed by atoms with Crippen molar-refractivity contribution in [2.75, 3.05) is 13.2 Å². The largest absolute Gasteiger partial charge is 0.493 e. The molecule has 0 N–H and O–H groups in total. The van der Waals surface area contributed by atoms with Crippen LogP contribution < -0.4 is 9.47 Å². The second-order valence-electron chi connectivity index (χ2n) is 5.28. The van der Waals surface area contributed by atoms with Crippen molar-refractivity contribution < 1.29 is 18.7 Å². The molecule has 23 heavy (non-hydrogen) atoms. The number of halogens is 1. The van der Waals surface area contributed by atoms with Crippen molar-refractivity contribution in [3.05, 3.63) is 65.5 Å². The zero-order valence-electron chi connectivity index (χ0n) is 12.6. The van der Waals surface area contributed by atoms with E-state index in [0.29, 0.717) is 19.0 Å². The van der Waals surface area contributed by atoms with Crippen LogP contribution in [-0.4, -0.2) is 19.0 Å². The fourth-order valence-corrected chi connectivity index (χ4v) is 2.39. The molecule has 0 saturated heterocycles. The van der Waals surface area contributed by atoms with Crippen LogP contribution in [0, 0.1) is 5.82 Å². The maximum Gasteiger partial charge on any atom is 0.189 e. The number of para-hydroxylation sites is 1. The fourth-order valence-electron chi connectivity index (χ4n) is 2.39. The lowest BCUT2D eigenvalue weighted by atomic mass is 10.1. The zero-order valence-corrected chi connectivity index (χ0v) is 12.6. The van der Waals surface area contributed by atoms with Gasteiger partial charge in [-0.05, 0) is 49.3 Å². The Labute approximate surface area is 134 Å². The third-order valence-electron chi connectivity index (χ3n) is 3.59. The van der Waals surface area contributed by atoms with Gasteiger partial charge in [0.25, 0.3) is 0 Å². The van der Waals surface area contributed by atoms with Crippen molar-refractivity contribution in [2.24, 2.45) is 0 Å². The molecule has 3 nitrogen and oxygen atoms in total. The zero-order chi connectivity index (χ0) is 16.1. The Morgan fingerprint density at radius 3 is 2.43 bits per heavy atom. The molecule has 0 saturated carbocycles. The van der Waals surface area contributed by atoms with Gasteiger partial charge in [0.2, 0.25) is 0 Å². The van der Waals surface area contributed by atoms with Gasteiger partial charge in [-0.15, -0.1) is 0 Å². The Balaban J connectivity index is 1.98. The quantitative estimate of drug-likeness (QED) is 0.728. The van der Waals surface area contributed by atoms with E-state index in [0.717, 1.165) is 24.2 Å². The molecule has 1 heterocycles. The van der Waals surface area contributed by atoms with Gasteiger partial charge in [0.1, 0.15) is 17.3 Å². The van der Waals surface area contributed by atoms with Gasteiger partial charge in [-0.1, -0.05) is 18.2 Å². The van der Waals surface area contributed by atoms with Gasteiger partial charge in [0.15, 0.2) is 5.78 Å². The summed E-state index contributed by atoms with van der Waals surface area (Å²) in [7, 11) is 0. The van der Waals surface area contributed by atoms with Crippen LogP contribution in [0.25, 0.3) is 6.08 Å². The highest BCUT2D eigenvalue weighted by molar-refractivity contribution is 6.08. The molecule has 0 unspecified atom stereocenters. The van der Waals surface area contributed by atoms with Crippen LogP contribution in [0.15, 0.2) is 48.5 Å². The molecule has 0 aromatic heterocycles. The minimum absolute atomic E-state index is 0.235. The van der Waals surface area contributed by atoms with Gasteiger partial charge in [-0.3, -0.25) is 4.79 Å². The van der Waals surface area contributed by atoms with Crippen LogP contribution in [0.3, 0.4) is 0 Å². The molecule has 3 rings (SSSR count). The van der Waals surface area contributed by atoms with E-state index in [1.807, 2.05) is 24.3 Å². The van der Waals surface area contributed by atoms with Gasteiger partial charge in [-0.25, -0.2) is 4.39 Å². The molecule has 0 spiro atoms.